The molecular weight excluding hydrogens is 404 g/mol. The molecule has 0 aromatic heterocycles. The van der Waals surface area contributed by atoms with Crippen molar-refractivity contribution in [1.82, 2.24) is 0 Å². The van der Waals surface area contributed by atoms with Crippen LogP contribution >= 0.6 is 0 Å². The molecule has 0 radical (unpaired) electrons. The van der Waals surface area contributed by atoms with Gasteiger partial charge in [-0.2, -0.15) is 0 Å². The fourth-order valence-electron chi connectivity index (χ4n) is 3.49. The number of aromatic carboxylic acids is 1. The second-order valence-corrected chi connectivity index (χ2v) is 8.05. The average Bonchev–Trinajstić information content (AvgIpc) is 2.78. The molecule has 0 fully saturated rings. The molecule has 0 atom stereocenters. The predicted molar refractivity (Wildman–Crippen MR) is 128 cm³/mol. The third kappa shape index (κ3) is 9.33. The lowest BCUT2D eigenvalue weighted by Gasteiger charge is -2.09. The first-order chi connectivity index (χ1) is 15.5. The van der Waals surface area contributed by atoms with Gasteiger partial charge in [0.1, 0.15) is 0 Å². The summed E-state index contributed by atoms with van der Waals surface area (Å²) in [6, 6.07) is 12.8. The minimum absolute atomic E-state index is 0.0559. The van der Waals surface area contributed by atoms with E-state index in [0.717, 1.165) is 19.3 Å². The Morgan fingerprint density at radius 2 is 1.25 bits per heavy atom. The van der Waals surface area contributed by atoms with Crippen molar-refractivity contribution in [3.8, 4) is 0 Å². The molecule has 2 amide bonds. The van der Waals surface area contributed by atoms with Gasteiger partial charge >= 0.3 is 5.97 Å². The van der Waals surface area contributed by atoms with Crippen LogP contribution in [0.5, 0.6) is 0 Å². The van der Waals surface area contributed by atoms with Crippen LogP contribution in [0, 0.1) is 0 Å². The molecular formula is C26H34N2O4. The van der Waals surface area contributed by atoms with Gasteiger partial charge in [-0.25, -0.2) is 4.79 Å². The third-order valence-electron chi connectivity index (χ3n) is 5.28. The van der Waals surface area contributed by atoms with Crippen molar-refractivity contribution in [2.75, 3.05) is 10.6 Å². The van der Waals surface area contributed by atoms with E-state index in [1.807, 2.05) is 0 Å². The molecule has 0 spiro atoms. The first-order valence-corrected chi connectivity index (χ1v) is 11.5. The van der Waals surface area contributed by atoms with Crippen molar-refractivity contribution in [3.05, 3.63) is 59.7 Å². The Labute approximate surface area is 190 Å². The summed E-state index contributed by atoms with van der Waals surface area (Å²) in [6.07, 6.45) is 11.3. The number of carboxylic acids is 1. The highest BCUT2D eigenvalue weighted by Crippen LogP contribution is 2.16. The van der Waals surface area contributed by atoms with Crippen molar-refractivity contribution in [3.63, 3.8) is 0 Å². The Kier molecular flexibility index (Phi) is 11.0. The van der Waals surface area contributed by atoms with E-state index in [4.69, 9.17) is 5.11 Å². The van der Waals surface area contributed by atoms with Crippen molar-refractivity contribution in [1.29, 1.82) is 0 Å². The molecule has 0 aliphatic carbocycles. The second-order valence-electron chi connectivity index (χ2n) is 8.05. The lowest BCUT2D eigenvalue weighted by atomic mass is 10.1. The molecule has 0 aliphatic rings. The molecule has 0 saturated carbocycles. The quantitative estimate of drug-likeness (QED) is 0.293. The average molecular weight is 439 g/mol. The zero-order valence-electron chi connectivity index (χ0n) is 18.9. The zero-order chi connectivity index (χ0) is 23.2. The molecule has 6 heteroatoms. The van der Waals surface area contributed by atoms with Crippen LogP contribution in [0.2, 0.25) is 0 Å². The summed E-state index contributed by atoms with van der Waals surface area (Å²) in [7, 11) is 0. The van der Waals surface area contributed by atoms with E-state index in [-0.39, 0.29) is 17.4 Å². The minimum atomic E-state index is -1.06. The summed E-state index contributed by atoms with van der Waals surface area (Å²) in [5, 5.41) is 14.6. The molecule has 2 aromatic carbocycles. The number of nitrogens with one attached hydrogen (secondary N) is 2. The molecule has 3 N–H and O–H groups in total. The molecule has 2 aromatic rings. The Hall–Kier alpha value is -3.15. The molecule has 6 nitrogen and oxygen atoms in total. The van der Waals surface area contributed by atoms with Crippen LogP contribution in [0.15, 0.2) is 48.5 Å². The van der Waals surface area contributed by atoms with Crippen molar-refractivity contribution >= 4 is 29.2 Å². The highest BCUT2D eigenvalue weighted by atomic mass is 16.4. The lowest BCUT2D eigenvalue weighted by molar-refractivity contribution is -0.116. The summed E-state index contributed by atoms with van der Waals surface area (Å²) in [5.74, 6) is -1.49. The summed E-state index contributed by atoms with van der Waals surface area (Å²) in [6.45, 7) is 2.22. The number of rotatable bonds is 14. The maximum atomic E-state index is 12.5. The predicted octanol–water partition coefficient (Wildman–Crippen LogP) is 6.50. The number of carbonyl (C=O) groups excluding carboxylic acids is 2. The zero-order valence-corrected chi connectivity index (χ0v) is 18.9. The largest absolute Gasteiger partial charge is 0.478 e. The maximum absolute atomic E-state index is 12.5. The van der Waals surface area contributed by atoms with Gasteiger partial charge in [-0.15, -0.1) is 0 Å². The number of carboxylic acid groups (broad SMARTS) is 1. The van der Waals surface area contributed by atoms with Crippen LogP contribution < -0.4 is 10.6 Å². The van der Waals surface area contributed by atoms with Gasteiger partial charge in [0.2, 0.25) is 5.91 Å². The molecule has 0 heterocycles. The van der Waals surface area contributed by atoms with E-state index in [0.29, 0.717) is 23.4 Å². The molecule has 2 rings (SSSR count). The standard InChI is InChI=1S/C26H34N2O4/c1-2-3-4-5-6-7-8-9-10-17-24(29)27-22-15-11-13-20(18-22)25(30)28-23-16-12-14-21(19-23)26(31)32/h11-16,18-19H,2-10,17H2,1H3,(H,27,29)(H,28,30)(H,31,32). The van der Waals surface area contributed by atoms with E-state index in [2.05, 4.69) is 17.6 Å². The first-order valence-electron chi connectivity index (χ1n) is 11.5. The number of hydrogen-bond donors (Lipinski definition) is 3. The van der Waals surface area contributed by atoms with Gasteiger partial charge in [-0.1, -0.05) is 70.4 Å². The van der Waals surface area contributed by atoms with Crippen molar-refractivity contribution in [2.24, 2.45) is 0 Å². The molecule has 0 unspecified atom stereocenters. The lowest BCUT2D eigenvalue weighted by Crippen LogP contribution is -2.14. The van der Waals surface area contributed by atoms with Crippen molar-refractivity contribution < 1.29 is 19.5 Å². The van der Waals surface area contributed by atoms with E-state index in [1.54, 1.807) is 36.4 Å². The minimum Gasteiger partial charge on any atom is -0.478 e. The Balaban J connectivity index is 1.75. The fourth-order valence-corrected chi connectivity index (χ4v) is 3.49. The fraction of sp³-hybridized carbons (Fsp3) is 0.423. The molecule has 32 heavy (non-hydrogen) atoms. The van der Waals surface area contributed by atoms with Gasteiger partial charge in [0.25, 0.3) is 5.91 Å². The number of benzene rings is 2. The summed E-state index contributed by atoms with van der Waals surface area (Å²) in [5.41, 5.74) is 1.44. The summed E-state index contributed by atoms with van der Waals surface area (Å²) < 4.78 is 0. The highest BCUT2D eigenvalue weighted by molar-refractivity contribution is 6.05. The number of hydrogen-bond acceptors (Lipinski definition) is 3. The van der Waals surface area contributed by atoms with Gasteiger partial charge in [0.05, 0.1) is 5.56 Å². The van der Waals surface area contributed by atoms with E-state index >= 15 is 0 Å². The van der Waals surface area contributed by atoms with Crippen LogP contribution in [-0.4, -0.2) is 22.9 Å². The highest BCUT2D eigenvalue weighted by Gasteiger charge is 2.10. The monoisotopic (exact) mass is 438 g/mol. The molecule has 0 bridgehead atoms. The van der Waals surface area contributed by atoms with Crippen molar-refractivity contribution in [2.45, 2.75) is 71.1 Å². The first kappa shape index (κ1) is 25.1. The second kappa shape index (κ2) is 14.0. The molecule has 0 saturated heterocycles. The SMILES string of the molecule is CCCCCCCCCCCC(=O)Nc1cccc(C(=O)Nc2cccc(C(=O)O)c2)c1. The normalized spacial score (nSPS) is 10.5. The van der Waals surface area contributed by atoms with Gasteiger partial charge in [-0.05, 0) is 42.8 Å². The molecule has 0 aliphatic heterocycles. The van der Waals surface area contributed by atoms with Crippen LogP contribution in [-0.2, 0) is 4.79 Å². The van der Waals surface area contributed by atoms with E-state index in [1.165, 1.54) is 50.7 Å². The Morgan fingerprint density at radius 1 is 0.719 bits per heavy atom. The van der Waals surface area contributed by atoms with E-state index in [9.17, 15) is 14.4 Å². The van der Waals surface area contributed by atoms with Gasteiger partial charge < -0.3 is 15.7 Å². The topological polar surface area (TPSA) is 95.5 Å². The number of amides is 2. The van der Waals surface area contributed by atoms with Crippen LogP contribution in [0.3, 0.4) is 0 Å². The summed E-state index contributed by atoms with van der Waals surface area (Å²) in [4.78, 5) is 35.8. The molecule has 172 valence electrons. The Morgan fingerprint density at radius 3 is 1.88 bits per heavy atom. The number of carbonyl (C=O) groups is 3. The Bertz CT molecular complexity index is 895. The number of unbranched alkanes of at least 4 members (excludes halogenated alkanes) is 8. The maximum Gasteiger partial charge on any atom is 0.335 e. The third-order valence-corrected chi connectivity index (χ3v) is 5.28. The van der Waals surface area contributed by atoms with Crippen LogP contribution in [0.1, 0.15) is 91.8 Å². The van der Waals surface area contributed by atoms with E-state index < -0.39 is 5.97 Å². The van der Waals surface area contributed by atoms with Gasteiger partial charge in [0, 0.05) is 23.4 Å². The van der Waals surface area contributed by atoms with Gasteiger partial charge in [-0.3, -0.25) is 9.59 Å². The number of anilines is 2. The summed E-state index contributed by atoms with van der Waals surface area (Å²) >= 11 is 0. The van der Waals surface area contributed by atoms with Crippen LogP contribution in [0.4, 0.5) is 11.4 Å². The van der Waals surface area contributed by atoms with Gasteiger partial charge in [0.15, 0.2) is 0 Å². The van der Waals surface area contributed by atoms with Crippen LogP contribution in [0.25, 0.3) is 0 Å². The smallest absolute Gasteiger partial charge is 0.335 e.